The second-order valence-electron chi connectivity index (χ2n) is 6.72. The van der Waals surface area contributed by atoms with Crippen molar-refractivity contribution in [2.45, 2.75) is 11.8 Å². The van der Waals surface area contributed by atoms with E-state index in [0.29, 0.717) is 21.3 Å². The molecule has 0 radical (unpaired) electrons. The Balaban J connectivity index is 1.57. The van der Waals surface area contributed by atoms with Crippen LogP contribution in [0.15, 0.2) is 70.3 Å². The van der Waals surface area contributed by atoms with E-state index in [9.17, 15) is 13.2 Å². The molecular formula is C21H15Cl2N5O4S. The number of hydrogen-bond acceptors (Lipinski definition) is 7. The molecule has 0 aliphatic carbocycles. The maximum absolute atomic E-state index is 13.0. The Morgan fingerprint density at radius 3 is 2.24 bits per heavy atom. The van der Waals surface area contributed by atoms with Crippen LogP contribution in [0.1, 0.15) is 16.1 Å². The van der Waals surface area contributed by atoms with Gasteiger partial charge in [-0.3, -0.25) is 4.79 Å². The van der Waals surface area contributed by atoms with Gasteiger partial charge in [0.15, 0.2) is 0 Å². The van der Waals surface area contributed by atoms with E-state index in [1.807, 2.05) is 0 Å². The van der Waals surface area contributed by atoms with Gasteiger partial charge in [-0.2, -0.15) is 0 Å². The van der Waals surface area contributed by atoms with Crippen LogP contribution in [0.4, 0.5) is 11.6 Å². The van der Waals surface area contributed by atoms with Crippen molar-refractivity contribution in [2.75, 3.05) is 10.0 Å². The summed E-state index contributed by atoms with van der Waals surface area (Å²) in [5.74, 6) is -0.306. The maximum Gasteiger partial charge on any atom is 0.264 e. The fourth-order valence-corrected chi connectivity index (χ4v) is 4.51. The lowest BCUT2D eigenvalue weighted by atomic mass is 10.1. The zero-order valence-electron chi connectivity index (χ0n) is 16.9. The Bertz CT molecular complexity index is 1400. The lowest BCUT2D eigenvalue weighted by Gasteiger charge is -2.09. The zero-order valence-corrected chi connectivity index (χ0v) is 19.2. The number of hydrogen-bond donors (Lipinski definition) is 2. The largest absolute Gasteiger partial charge is 0.360 e. The third kappa shape index (κ3) is 4.82. The molecule has 0 aliphatic heterocycles. The van der Waals surface area contributed by atoms with Crippen LogP contribution in [0.5, 0.6) is 0 Å². The quantitative estimate of drug-likeness (QED) is 0.386. The molecule has 1 amide bonds. The number of benzene rings is 2. The van der Waals surface area contributed by atoms with Crippen LogP contribution in [0.2, 0.25) is 10.0 Å². The summed E-state index contributed by atoms with van der Waals surface area (Å²) in [6, 6.07) is 12.1. The number of rotatable bonds is 6. The number of halogens is 2. The Morgan fingerprint density at radius 1 is 0.970 bits per heavy atom. The van der Waals surface area contributed by atoms with Crippen LogP contribution >= 0.6 is 23.2 Å². The average molecular weight is 504 g/mol. The van der Waals surface area contributed by atoms with Gasteiger partial charge in [0.2, 0.25) is 5.95 Å². The van der Waals surface area contributed by atoms with Crippen LogP contribution in [-0.2, 0) is 10.0 Å². The first-order chi connectivity index (χ1) is 15.8. The highest BCUT2D eigenvalue weighted by molar-refractivity contribution is 7.92. The molecule has 0 atom stereocenters. The predicted molar refractivity (Wildman–Crippen MR) is 124 cm³/mol. The highest BCUT2D eigenvalue weighted by Crippen LogP contribution is 2.37. The van der Waals surface area contributed by atoms with Crippen molar-refractivity contribution < 1.29 is 17.7 Å². The summed E-state index contributed by atoms with van der Waals surface area (Å²) in [5, 5.41) is 7.28. The van der Waals surface area contributed by atoms with Crippen LogP contribution in [0.25, 0.3) is 11.3 Å². The minimum absolute atomic E-state index is 0.0300. The fraction of sp³-hybridized carbons (Fsp3) is 0.0476. The highest BCUT2D eigenvalue weighted by Gasteiger charge is 2.25. The van der Waals surface area contributed by atoms with Crippen molar-refractivity contribution in [3.8, 4) is 11.3 Å². The van der Waals surface area contributed by atoms with E-state index in [0.717, 1.165) is 0 Å². The molecule has 0 bridgehead atoms. The van der Waals surface area contributed by atoms with E-state index >= 15 is 0 Å². The van der Waals surface area contributed by atoms with Gasteiger partial charge in [-0.25, -0.2) is 23.1 Å². The normalized spacial score (nSPS) is 11.2. The molecule has 168 valence electrons. The molecule has 2 N–H and O–H groups in total. The molecule has 4 aromatic rings. The number of aromatic nitrogens is 3. The number of carbonyl (C=O) groups is 1. The summed E-state index contributed by atoms with van der Waals surface area (Å²) >= 11 is 12.5. The van der Waals surface area contributed by atoms with Crippen molar-refractivity contribution >= 4 is 50.8 Å². The molecule has 12 heteroatoms. The molecule has 0 aliphatic rings. The summed E-state index contributed by atoms with van der Waals surface area (Å²) in [6.45, 7) is 1.59. The first kappa shape index (κ1) is 22.7. The van der Waals surface area contributed by atoms with Gasteiger partial charge in [0.05, 0.1) is 14.9 Å². The van der Waals surface area contributed by atoms with Gasteiger partial charge in [-0.1, -0.05) is 34.4 Å². The van der Waals surface area contributed by atoms with Gasteiger partial charge in [0.25, 0.3) is 15.9 Å². The standard InChI is InChI=1S/C21H15Cl2N5O4S/c1-12-17(19(27-32-12)18-15(22)4-2-5-16(18)23)20(29)26-13-6-8-14(9-7-13)33(30,31)28-21-24-10-3-11-25-21/h2-11H,1H3,(H,26,29)(H,24,25,28). The third-order valence-corrected chi connectivity index (χ3v) is 6.48. The number of amides is 1. The molecule has 33 heavy (non-hydrogen) atoms. The molecule has 2 heterocycles. The molecule has 4 rings (SSSR count). The number of aryl methyl sites for hydroxylation is 1. The molecule has 0 spiro atoms. The SMILES string of the molecule is Cc1onc(-c2c(Cl)cccc2Cl)c1C(=O)Nc1ccc(S(=O)(=O)Nc2ncccn2)cc1. The smallest absolute Gasteiger partial charge is 0.264 e. The van der Waals surface area contributed by atoms with Crippen molar-refractivity contribution in [3.05, 3.63) is 82.3 Å². The monoisotopic (exact) mass is 503 g/mol. The Hall–Kier alpha value is -3.47. The van der Waals surface area contributed by atoms with Gasteiger partial charge in [0, 0.05) is 23.6 Å². The van der Waals surface area contributed by atoms with Crippen LogP contribution in [-0.4, -0.2) is 29.4 Å². The third-order valence-electron chi connectivity index (χ3n) is 4.50. The first-order valence-corrected chi connectivity index (χ1v) is 11.6. The Labute approximate surface area is 198 Å². The van der Waals surface area contributed by atoms with E-state index in [2.05, 4.69) is 25.2 Å². The number of nitrogens with one attached hydrogen (secondary N) is 2. The van der Waals surface area contributed by atoms with Gasteiger partial charge >= 0.3 is 0 Å². The van der Waals surface area contributed by atoms with E-state index in [4.69, 9.17) is 27.7 Å². The van der Waals surface area contributed by atoms with Gasteiger partial charge in [-0.15, -0.1) is 0 Å². The number of anilines is 2. The average Bonchev–Trinajstić information content (AvgIpc) is 3.15. The first-order valence-electron chi connectivity index (χ1n) is 9.38. The zero-order chi connectivity index (χ0) is 23.6. The second kappa shape index (κ2) is 9.18. The summed E-state index contributed by atoms with van der Waals surface area (Å²) in [5.41, 5.74) is 1.08. The molecular weight excluding hydrogens is 489 g/mol. The Morgan fingerprint density at radius 2 is 1.61 bits per heavy atom. The van der Waals surface area contributed by atoms with Crippen LogP contribution < -0.4 is 10.0 Å². The van der Waals surface area contributed by atoms with Crippen LogP contribution in [0, 0.1) is 6.92 Å². The van der Waals surface area contributed by atoms with E-state index in [-0.39, 0.29) is 27.9 Å². The predicted octanol–water partition coefficient (Wildman–Crippen LogP) is 4.80. The van der Waals surface area contributed by atoms with Crippen molar-refractivity contribution in [1.82, 2.24) is 15.1 Å². The molecule has 0 fully saturated rings. The molecule has 0 unspecified atom stereocenters. The fourth-order valence-electron chi connectivity index (χ4n) is 2.98. The van der Waals surface area contributed by atoms with Gasteiger partial charge in [0.1, 0.15) is 17.0 Å². The topological polar surface area (TPSA) is 127 Å². The number of sulfonamides is 1. The molecule has 9 nitrogen and oxygen atoms in total. The number of nitrogens with zero attached hydrogens (tertiary/aromatic N) is 3. The van der Waals surface area contributed by atoms with Gasteiger partial charge < -0.3 is 9.84 Å². The molecule has 2 aromatic heterocycles. The summed E-state index contributed by atoms with van der Waals surface area (Å²) < 4.78 is 32.5. The molecule has 0 saturated carbocycles. The molecule has 2 aromatic carbocycles. The van der Waals surface area contributed by atoms with E-state index < -0.39 is 15.9 Å². The minimum Gasteiger partial charge on any atom is -0.360 e. The van der Waals surface area contributed by atoms with Crippen molar-refractivity contribution in [2.24, 2.45) is 0 Å². The van der Waals surface area contributed by atoms with Crippen LogP contribution in [0.3, 0.4) is 0 Å². The maximum atomic E-state index is 13.0. The summed E-state index contributed by atoms with van der Waals surface area (Å²) in [6.07, 6.45) is 2.83. The Kier molecular flexibility index (Phi) is 6.32. The minimum atomic E-state index is -3.90. The van der Waals surface area contributed by atoms with Gasteiger partial charge in [-0.05, 0) is 49.4 Å². The summed E-state index contributed by atoms with van der Waals surface area (Å²) in [7, 11) is -3.90. The van der Waals surface area contributed by atoms with E-state index in [1.54, 1.807) is 31.2 Å². The van der Waals surface area contributed by atoms with Crippen molar-refractivity contribution in [3.63, 3.8) is 0 Å². The molecule has 0 saturated heterocycles. The van der Waals surface area contributed by atoms with E-state index in [1.165, 1.54) is 36.7 Å². The number of carbonyl (C=O) groups excluding carboxylic acids is 1. The van der Waals surface area contributed by atoms with Crippen molar-refractivity contribution in [1.29, 1.82) is 0 Å². The second-order valence-corrected chi connectivity index (χ2v) is 9.21. The lowest BCUT2D eigenvalue weighted by molar-refractivity contribution is 0.102. The summed E-state index contributed by atoms with van der Waals surface area (Å²) in [4.78, 5) is 20.6. The highest BCUT2D eigenvalue weighted by atomic mass is 35.5. The lowest BCUT2D eigenvalue weighted by Crippen LogP contribution is -2.16.